The van der Waals surface area contributed by atoms with Crippen LogP contribution in [0.4, 0.5) is 17.1 Å². The van der Waals surface area contributed by atoms with Gasteiger partial charge in [-0.05, 0) is 132 Å². The van der Waals surface area contributed by atoms with E-state index in [1.165, 1.54) is 54.9 Å². The normalized spacial score (nSPS) is 11.4. The van der Waals surface area contributed by atoms with E-state index < -0.39 is 0 Å². The molecule has 11 aromatic carbocycles. The molecule has 2 nitrogen and oxygen atoms in total. The van der Waals surface area contributed by atoms with E-state index in [-0.39, 0.29) is 0 Å². The maximum atomic E-state index is 6.32. The molecule has 64 heavy (non-hydrogen) atoms. The molecule has 12 rings (SSSR count). The summed E-state index contributed by atoms with van der Waals surface area (Å²) >= 11 is 0. The largest absolute Gasteiger partial charge is 0.456 e. The summed E-state index contributed by atoms with van der Waals surface area (Å²) in [5, 5.41) is 7.15. The van der Waals surface area contributed by atoms with Gasteiger partial charge in [0.25, 0.3) is 0 Å². The Kier molecular flexibility index (Phi) is 9.20. The van der Waals surface area contributed by atoms with Crippen molar-refractivity contribution in [1.29, 1.82) is 0 Å². The second-order valence-electron chi connectivity index (χ2n) is 16.4. The Morgan fingerprint density at radius 1 is 0.250 bits per heavy atom. The van der Waals surface area contributed by atoms with Gasteiger partial charge < -0.3 is 9.32 Å². The first kappa shape index (κ1) is 37.3. The average Bonchev–Trinajstić information content (AvgIpc) is 3.76. The number of anilines is 3. The van der Waals surface area contributed by atoms with Crippen LogP contribution in [0.25, 0.3) is 99.1 Å². The summed E-state index contributed by atoms with van der Waals surface area (Å²) in [6.45, 7) is 0. The summed E-state index contributed by atoms with van der Waals surface area (Å²) in [7, 11) is 0. The number of furan rings is 1. The quantitative estimate of drug-likeness (QED) is 0.142. The second kappa shape index (κ2) is 15.8. The molecule has 2 heteroatoms. The molecule has 12 aromatic rings. The average molecular weight is 816 g/mol. The minimum absolute atomic E-state index is 0.892. The lowest BCUT2D eigenvalue weighted by molar-refractivity contribution is 0.669. The predicted octanol–water partition coefficient (Wildman–Crippen LogP) is 17.7. The van der Waals surface area contributed by atoms with Crippen molar-refractivity contribution in [2.24, 2.45) is 0 Å². The standard InChI is InChI=1S/C62H41NO/c1-5-18-42(19-6-1)47-38-48(43-20-7-2-8-21-43)40-51(39-47)63(49-34-32-44(33-35-49)52-29-17-31-59-62(52)56-28-15-16-30-58(56)64-59)50-36-37-54-53-26-13-14-27-55(53)60(45-22-9-3-10-23-45)61(57(54)41-50)46-24-11-4-12-25-46/h1-41H. The first-order valence-corrected chi connectivity index (χ1v) is 21.9. The Morgan fingerprint density at radius 2 is 0.734 bits per heavy atom. The highest BCUT2D eigenvalue weighted by Gasteiger charge is 2.22. The van der Waals surface area contributed by atoms with Crippen molar-refractivity contribution in [2.45, 2.75) is 0 Å². The predicted molar refractivity (Wildman–Crippen MR) is 271 cm³/mol. The molecule has 0 unspecified atom stereocenters. The van der Waals surface area contributed by atoms with Crippen molar-refractivity contribution in [2.75, 3.05) is 4.90 Å². The first-order valence-electron chi connectivity index (χ1n) is 21.9. The highest BCUT2D eigenvalue weighted by atomic mass is 16.3. The van der Waals surface area contributed by atoms with Crippen LogP contribution in [-0.2, 0) is 0 Å². The van der Waals surface area contributed by atoms with E-state index in [0.29, 0.717) is 0 Å². The zero-order chi connectivity index (χ0) is 42.4. The Labute approximate surface area is 372 Å². The molecule has 0 saturated heterocycles. The third kappa shape index (κ3) is 6.52. The molecular formula is C62H41NO. The van der Waals surface area contributed by atoms with E-state index in [9.17, 15) is 0 Å². The molecule has 0 amide bonds. The van der Waals surface area contributed by atoms with Crippen LogP contribution in [0.15, 0.2) is 253 Å². The summed E-state index contributed by atoms with van der Waals surface area (Å²) in [5.41, 5.74) is 16.7. The number of rotatable bonds is 8. The molecule has 0 saturated carbocycles. The van der Waals surface area contributed by atoms with Crippen molar-refractivity contribution in [3.8, 4) is 55.6 Å². The van der Waals surface area contributed by atoms with E-state index in [2.05, 4.69) is 241 Å². The monoisotopic (exact) mass is 815 g/mol. The van der Waals surface area contributed by atoms with E-state index in [1.807, 2.05) is 12.1 Å². The Balaban J connectivity index is 1.13. The van der Waals surface area contributed by atoms with Gasteiger partial charge >= 0.3 is 0 Å². The molecule has 1 aromatic heterocycles. The summed E-state index contributed by atoms with van der Waals surface area (Å²) in [6, 6.07) is 89.9. The lowest BCUT2D eigenvalue weighted by atomic mass is 9.85. The third-order valence-electron chi connectivity index (χ3n) is 12.6. The molecule has 300 valence electrons. The van der Waals surface area contributed by atoms with Crippen molar-refractivity contribution in [3.05, 3.63) is 249 Å². The van der Waals surface area contributed by atoms with Crippen molar-refractivity contribution in [3.63, 3.8) is 0 Å². The molecule has 0 spiro atoms. The SMILES string of the molecule is c1ccc(-c2cc(-c3ccccc3)cc(N(c3ccc(-c4cccc5oc6ccccc6c45)cc3)c3ccc4c(c3)c(-c3ccccc3)c(-c3ccccc3)c3ccccc34)c2)cc1. The summed E-state index contributed by atoms with van der Waals surface area (Å²) < 4.78 is 6.32. The van der Waals surface area contributed by atoms with E-state index in [4.69, 9.17) is 4.42 Å². The van der Waals surface area contributed by atoms with Crippen molar-refractivity contribution in [1.82, 2.24) is 0 Å². The number of hydrogen-bond acceptors (Lipinski definition) is 2. The van der Waals surface area contributed by atoms with Crippen LogP contribution in [0, 0.1) is 0 Å². The van der Waals surface area contributed by atoms with Gasteiger partial charge in [0.1, 0.15) is 11.2 Å². The van der Waals surface area contributed by atoms with Gasteiger partial charge in [-0.2, -0.15) is 0 Å². The first-order chi connectivity index (χ1) is 31.7. The number of hydrogen-bond donors (Lipinski definition) is 0. The minimum Gasteiger partial charge on any atom is -0.456 e. The molecule has 0 bridgehead atoms. The van der Waals surface area contributed by atoms with Crippen LogP contribution in [0.2, 0.25) is 0 Å². The third-order valence-corrected chi connectivity index (χ3v) is 12.6. The maximum absolute atomic E-state index is 6.32. The topological polar surface area (TPSA) is 16.4 Å². The lowest BCUT2D eigenvalue weighted by Crippen LogP contribution is -2.10. The molecule has 0 aliphatic heterocycles. The van der Waals surface area contributed by atoms with Gasteiger partial charge in [-0.25, -0.2) is 0 Å². The fourth-order valence-corrected chi connectivity index (χ4v) is 9.71. The summed E-state index contributed by atoms with van der Waals surface area (Å²) in [4.78, 5) is 2.43. The highest BCUT2D eigenvalue weighted by Crippen LogP contribution is 2.48. The number of fused-ring (bicyclic) bond motifs is 6. The molecule has 0 fully saturated rings. The maximum Gasteiger partial charge on any atom is 0.136 e. The fraction of sp³-hybridized carbons (Fsp3) is 0. The zero-order valence-electron chi connectivity index (χ0n) is 35.0. The molecule has 0 radical (unpaired) electrons. The smallest absolute Gasteiger partial charge is 0.136 e. The van der Waals surface area contributed by atoms with E-state index >= 15 is 0 Å². The van der Waals surface area contributed by atoms with Gasteiger partial charge in [0.05, 0.1) is 0 Å². The van der Waals surface area contributed by atoms with Crippen LogP contribution in [0.1, 0.15) is 0 Å². The van der Waals surface area contributed by atoms with Crippen LogP contribution >= 0.6 is 0 Å². The number of nitrogens with zero attached hydrogens (tertiary/aromatic N) is 1. The van der Waals surface area contributed by atoms with Crippen LogP contribution in [-0.4, -0.2) is 0 Å². The Bertz CT molecular complexity index is 3570. The summed E-state index contributed by atoms with van der Waals surface area (Å²) in [6.07, 6.45) is 0. The van der Waals surface area contributed by atoms with Crippen molar-refractivity contribution >= 4 is 60.5 Å². The summed E-state index contributed by atoms with van der Waals surface area (Å²) in [5.74, 6) is 0. The lowest BCUT2D eigenvalue weighted by Gasteiger charge is -2.28. The van der Waals surface area contributed by atoms with Crippen LogP contribution in [0.5, 0.6) is 0 Å². The van der Waals surface area contributed by atoms with E-state index in [1.54, 1.807) is 0 Å². The number of para-hydroxylation sites is 1. The molecular weight excluding hydrogens is 775 g/mol. The molecule has 1 heterocycles. The highest BCUT2D eigenvalue weighted by molar-refractivity contribution is 6.22. The van der Waals surface area contributed by atoms with Gasteiger partial charge in [-0.15, -0.1) is 0 Å². The van der Waals surface area contributed by atoms with Gasteiger partial charge in [-0.3, -0.25) is 0 Å². The molecule has 0 aliphatic rings. The van der Waals surface area contributed by atoms with Crippen molar-refractivity contribution < 1.29 is 4.42 Å². The Hall–Kier alpha value is -8.46. The second-order valence-corrected chi connectivity index (χ2v) is 16.4. The number of benzene rings is 11. The van der Waals surface area contributed by atoms with Gasteiger partial charge in [0, 0.05) is 27.8 Å². The minimum atomic E-state index is 0.892. The molecule has 0 N–H and O–H groups in total. The fourth-order valence-electron chi connectivity index (χ4n) is 9.71. The van der Waals surface area contributed by atoms with Gasteiger partial charge in [0.15, 0.2) is 0 Å². The van der Waals surface area contributed by atoms with E-state index in [0.717, 1.165) is 61.3 Å². The molecule has 0 atom stereocenters. The van der Waals surface area contributed by atoms with Gasteiger partial charge in [0.2, 0.25) is 0 Å². The van der Waals surface area contributed by atoms with Crippen LogP contribution < -0.4 is 4.90 Å². The zero-order valence-corrected chi connectivity index (χ0v) is 35.0. The Morgan fingerprint density at radius 3 is 1.36 bits per heavy atom. The molecule has 0 aliphatic carbocycles. The van der Waals surface area contributed by atoms with Crippen LogP contribution in [0.3, 0.4) is 0 Å². The van der Waals surface area contributed by atoms with Gasteiger partial charge in [-0.1, -0.05) is 194 Å².